The molecule has 2 fully saturated rings. The third-order valence-electron chi connectivity index (χ3n) is 3.41. The molecule has 1 nitrogen and oxygen atoms in total. The van der Waals surface area contributed by atoms with E-state index in [9.17, 15) is 0 Å². The Kier molecular flexibility index (Phi) is 1.54. The van der Waals surface area contributed by atoms with Gasteiger partial charge in [-0.15, -0.1) is 0 Å². The number of hydrogen-bond donors (Lipinski definition) is 1. The number of hydrogen-bond acceptors (Lipinski definition) is 1. The second-order valence-electron chi connectivity index (χ2n) is 5.26. The Hall–Kier alpha value is -0.0400. The molecule has 2 heterocycles. The van der Waals surface area contributed by atoms with Gasteiger partial charge in [0.25, 0.3) is 0 Å². The summed E-state index contributed by atoms with van der Waals surface area (Å²) in [5, 5.41) is 3.68. The predicted octanol–water partition coefficient (Wildman–Crippen LogP) is 2.17. The van der Waals surface area contributed by atoms with Gasteiger partial charge in [0, 0.05) is 12.1 Å². The summed E-state index contributed by atoms with van der Waals surface area (Å²) in [4.78, 5) is 0. The zero-order valence-electron chi connectivity index (χ0n) is 7.85. The van der Waals surface area contributed by atoms with Gasteiger partial charge in [0.15, 0.2) is 0 Å². The SMILES string of the molecule is CC(C)(C)C1C[C@H]2CC[C@H]1N2. The maximum Gasteiger partial charge on any atom is 0.0104 e. The molecule has 1 N–H and O–H groups in total. The first-order valence-corrected chi connectivity index (χ1v) is 4.83. The van der Waals surface area contributed by atoms with Gasteiger partial charge >= 0.3 is 0 Å². The molecule has 11 heavy (non-hydrogen) atoms. The van der Waals surface area contributed by atoms with Crippen molar-refractivity contribution >= 4 is 0 Å². The van der Waals surface area contributed by atoms with Crippen molar-refractivity contribution in [1.82, 2.24) is 5.32 Å². The highest BCUT2D eigenvalue weighted by molar-refractivity contribution is 5.00. The first kappa shape index (κ1) is 7.60. The van der Waals surface area contributed by atoms with Crippen LogP contribution >= 0.6 is 0 Å². The van der Waals surface area contributed by atoms with E-state index in [4.69, 9.17) is 0 Å². The maximum atomic E-state index is 3.68. The Balaban J connectivity index is 2.08. The standard InChI is InChI=1S/C10H19N/c1-10(2,3)8-6-7-4-5-9(8)11-7/h7-9,11H,4-6H2,1-3H3/t7-,8?,9-/m1/s1. The zero-order chi connectivity index (χ0) is 8.06. The highest BCUT2D eigenvalue weighted by Gasteiger charge is 2.43. The molecule has 0 aliphatic carbocycles. The van der Waals surface area contributed by atoms with Gasteiger partial charge in [0.1, 0.15) is 0 Å². The van der Waals surface area contributed by atoms with Crippen LogP contribution in [0.5, 0.6) is 0 Å². The summed E-state index contributed by atoms with van der Waals surface area (Å²) in [7, 11) is 0. The summed E-state index contributed by atoms with van der Waals surface area (Å²) in [6.07, 6.45) is 4.28. The summed E-state index contributed by atoms with van der Waals surface area (Å²) in [6.45, 7) is 7.13. The molecule has 2 saturated heterocycles. The Labute approximate surface area is 69.6 Å². The molecule has 1 heteroatoms. The molecule has 2 aliphatic heterocycles. The van der Waals surface area contributed by atoms with Crippen LogP contribution in [0, 0.1) is 11.3 Å². The summed E-state index contributed by atoms with van der Waals surface area (Å²) in [5.74, 6) is 0.932. The molecule has 2 bridgehead atoms. The smallest absolute Gasteiger partial charge is 0.0104 e. The Morgan fingerprint density at radius 1 is 1.18 bits per heavy atom. The number of rotatable bonds is 0. The molecule has 2 rings (SSSR count). The number of nitrogens with one attached hydrogen (secondary N) is 1. The second kappa shape index (κ2) is 2.22. The molecule has 64 valence electrons. The van der Waals surface area contributed by atoms with Crippen LogP contribution in [-0.4, -0.2) is 12.1 Å². The van der Waals surface area contributed by atoms with Crippen LogP contribution in [0.1, 0.15) is 40.0 Å². The van der Waals surface area contributed by atoms with E-state index >= 15 is 0 Å². The van der Waals surface area contributed by atoms with Gasteiger partial charge in [0.2, 0.25) is 0 Å². The second-order valence-corrected chi connectivity index (χ2v) is 5.26. The van der Waals surface area contributed by atoms with Gasteiger partial charge in [-0.25, -0.2) is 0 Å². The molecule has 2 aliphatic rings. The fraction of sp³-hybridized carbons (Fsp3) is 1.00. The lowest BCUT2D eigenvalue weighted by Gasteiger charge is -2.32. The van der Waals surface area contributed by atoms with Crippen LogP contribution in [0.15, 0.2) is 0 Å². The van der Waals surface area contributed by atoms with Gasteiger partial charge in [-0.1, -0.05) is 20.8 Å². The zero-order valence-corrected chi connectivity index (χ0v) is 7.85. The van der Waals surface area contributed by atoms with E-state index in [1.54, 1.807) is 0 Å². The largest absolute Gasteiger partial charge is 0.311 e. The average Bonchev–Trinajstić information content (AvgIpc) is 2.42. The summed E-state index contributed by atoms with van der Waals surface area (Å²) >= 11 is 0. The molecule has 0 radical (unpaired) electrons. The van der Waals surface area contributed by atoms with Crippen molar-refractivity contribution < 1.29 is 0 Å². The maximum absolute atomic E-state index is 3.68. The molecule has 1 unspecified atom stereocenters. The van der Waals surface area contributed by atoms with Crippen molar-refractivity contribution in [2.75, 3.05) is 0 Å². The average molecular weight is 153 g/mol. The lowest BCUT2D eigenvalue weighted by molar-refractivity contribution is 0.199. The highest BCUT2D eigenvalue weighted by atomic mass is 15.0. The van der Waals surface area contributed by atoms with Crippen LogP contribution in [0.4, 0.5) is 0 Å². The van der Waals surface area contributed by atoms with E-state index < -0.39 is 0 Å². The van der Waals surface area contributed by atoms with Crippen molar-refractivity contribution in [2.24, 2.45) is 11.3 Å². The fourth-order valence-electron chi connectivity index (χ4n) is 2.78. The first-order valence-electron chi connectivity index (χ1n) is 4.83. The Morgan fingerprint density at radius 3 is 2.18 bits per heavy atom. The first-order chi connectivity index (χ1) is 5.07. The van der Waals surface area contributed by atoms with Crippen molar-refractivity contribution in [1.29, 1.82) is 0 Å². The Morgan fingerprint density at radius 2 is 1.91 bits per heavy atom. The van der Waals surface area contributed by atoms with Crippen LogP contribution in [-0.2, 0) is 0 Å². The van der Waals surface area contributed by atoms with Crippen molar-refractivity contribution in [3.05, 3.63) is 0 Å². The van der Waals surface area contributed by atoms with E-state index in [-0.39, 0.29) is 0 Å². The number of fused-ring (bicyclic) bond motifs is 2. The third-order valence-corrected chi connectivity index (χ3v) is 3.41. The molecule has 0 aromatic heterocycles. The monoisotopic (exact) mass is 153 g/mol. The van der Waals surface area contributed by atoms with Crippen LogP contribution in [0.2, 0.25) is 0 Å². The quantitative estimate of drug-likeness (QED) is 0.562. The van der Waals surface area contributed by atoms with Gasteiger partial charge < -0.3 is 5.32 Å². The summed E-state index contributed by atoms with van der Waals surface area (Å²) in [6, 6.07) is 1.71. The molecular weight excluding hydrogens is 134 g/mol. The van der Waals surface area contributed by atoms with Gasteiger partial charge in [-0.3, -0.25) is 0 Å². The van der Waals surface area contributed by atoms with Gasteiger partial charge in [0.05, 0.1) is 0 Å². The van der Waals surface area contributed by atoms with E-state index in [2.05, 4.69) is 26.1 Å². The molecule has 0 aromatic carbocycles. The van der Waals surface area contributed by atoms with E-state index in [1.807, 2.05) is 0 Å². The minimum Gasteiger partial charge on any atom is -0.311 e. The predicted molar refractivity (Wildman–Crippen MR) is 47.5 cm³/mol. The summed E-state index contributed by atoms with van der Waals surface area (Å²) in [5.41, 5.74) is 0.521. The van der Waals surface area contributed by atoms with Crippen molar-refractivity contribution in [3.8, 4) is 0 Å². The molecule has 0 amide bonds. The van der Waals surface area contributed by atoms with Crippen LogP contribution < -0.4 is 5.32 Å². The van der Waals surface area contributed by atoms with E-state index in [0.29, 0.717) is 5.41 Å². The fourth-order valence-corrected chi connectivity index (χ4v) is 2.78. The van der Waals surface area contributed by atoms with Crippen LogP contribution in [0.3, 0.4) is 0 Å². The van der Waals surface area contributed by atoms with Crippen molar-refractivity contribution in [2.45, 2.75) is 52.1 Å². The molecule has 0 saturated carbocycles. The minimum absolute atomic E-state index is 0.521. The minimum atomic E-state index is 0.521. The molecule has 0 aromatic rings. The van der Waals surface area contributed by atoms with E-state index in [0.717, 1.165) is 18.0 Å². The molecular formula is C10H19N. The van der Waals surface area contributed by atoms with Crippen LogP contribution in [0.25, 0.3) is 0 Å². The van der Waals surface area contributed by atoms with Crippen molar-refractivity contribution in [3.63, 3.8) is 0 Å². The van der Waals surface area contributed by atoms with Gasteiger partial charge in [-0.2, -0.15) is 0 Å². The highest BCUT2D eigenvalue weighted by Crippen LogP contribution is 2.43. The Bertz CT molecular complexity index is 157. The molecule has 0 spiro atoms. The van der Waals surface area contributed by atoms with E-state index in [1.165, 1.54) is 19.3 Å². The topological polar surface area (TPSA) is 12.0 Å². The van der Waals surface area contributed by atoms with Gasteiger partial charge in [-0.05, 0) is 30.6 Å². The normalized spacial score (nSPS) is 43.4. The lowest BCUT2D eigenvalue weighted by Crippen LogP contribution is -2.32. The summed E-state index contributed by atoms with van der Waals surface area (Å²) < 4.78 is 0. The lowest BCUT2D eigenvalue weighted by atomic mass is 9.72. The third kappa shape index (κ3) is 1.20. The molecule has 3 atom stereocenters.